The summed E-state index contributed by atoms with van der Waals surface area (Å²) in [5.41, 5.74) is 6.55. The number of fused-ring (bicyclic) bond motifs is 1. The molecule has 2 fully saturated rings. The van der Waals surface area contributed by atoms with Gasteiger partial charge in [0.1, 0.15) is 17.2 Å². The van der Waals surface area contributed by atoms with Gasteiger partial charge in [-0.1, -0.05) is 6.07 Å². The molecule has 0 N–H and O–H groups in total. The number of pyridine rings is 1. The maximum Gasteiger partial charge on any atom is 0.257 e. The van der Waals surface area contributed by atoms with Crippen molar-refractivity contribution in [3.63, 3.8) is 0 Å². The van der Waals surface area contributed by atoms with E-state index in [2.05, 4.69) is 30.9 Å². The molecule has 0 radical (unpaired) electrons. The molecular formula is C24H29N3O3. The van der Waals surface area contributed by atoms with E-state index in [0.29, 0.717) is 18.0 Å². The van der Waals surface area contributed by atoms with E-state index in [9.17, 15) is 0 Å². The number of aryl methyl sites for hydroxylation is 2. The summed E-state index contributed by atoms with van der Waals surface area (Å²) in [6, 6.07) is 9.48. The average molecular weight is 408 g/mol. The fraction of sp³-hybridized carbons (Fsp3) is 0.458. The smallest absolute Gasteiger partial charge is 0.257 e. The van der Waals surface area contributed by atoms with Crippen LogP contribution in [0.4, 0.5) is 5.69 Å². The van der Waals surface area contributed by atoms with Gasteiger partial charge in [0.15, 0.2) is 0 Å². The predicted molar refractivity (Wildman–Crippen MR) is 118 cm³/mol. The highest BCUT2D eigenvalue weighted by Crippen LogP contribution is 2.48. The van der Waals surface area contributed by atoms with Crippen LogP contribution < -0.4 is 19.1 Å². The van der Waals surface area contributed by atoms with Crippen molar-refractivity contribution >= 4 is 11.2 Å². The first-order chi connectivity index (χ1) is 14.6. The minimum atomic E-state index is 0.611. The number of hydrogen-bond donors (Lipinski definition) is 0. The number of aromatic nitrogens is 2. The third-order valence-electron chi connectivity index (χ3n) is 6.24. The van der Waals surface area contributed by atoms with Gasteiger partial charge in [-0.2, -0.15) is 0 Å². The maximum absolute atomic E-state index is 5.81. The Morgan fingerprint density at radius 3 is 2.17 bits per heavy atom. The van der Waals surface area contributed by atoms with Crippen LogP contribution in [0.5, 0.6) is 17.4 Å². The van der Waals surface area contributed by atoms with Crippen LogP contribution in [0.25, 0.3) is 16.8 Å². The molecule has 6 heteroatoms. The van der Waals surface area contributed by atoms with Gasteiger partial charge in [-0.3, -0.25) is 0 Å². The molecule has 0 aliphatic heterocycles. The fourth-order valence-corrected chi connectivity index (χ4v) is 4.53. The molecule has 5 rings (SSSR count). The van der Waals surface area contributed by atoms with Gasteiger partial charge in [0.25, 0.3) is 5.88 Å². The first-order valence-electron chi connectivity index (χ1n) is 10.6. The molecular weight excluding hydrogens is 378 g/mol. The van der Waals surface area contributed by atoms with Crippen LogP contribution in [-0.4, -0.2) is 43.0 Å². The predicted octanol–water partition coefficient (Wildman–Crippen LogP) is 4.78. The van der Waals surface area contributed by atoms with E-state index in [1.807, 2.05) is 16.6 Å². The lowest BCUT2D eigenvalue weighted by Crippen LogP contribution is -2.28. The summed E-state index contributed by atoms with van der Waals surface area (Å²) in [5.74, 6) is 2.26. The molecule has 6 nitrogen and oxygen atoms in total. The van der Waals surface area contributed by atoms with Crippen LogP contribution in [0.1, 0.15) is 36.8 Å². The SMILES string of the molecule is COc1cc(C)c(-c2ccc(C)c3c(N(C4CC4)C4CC4)c(OC)nn23)c(OC)c1. The summed E-state index contributed by atoms with van der Waals surface area (Å²) in [4.78, 5) is 2.58. The van der Waals surface area contributed by atoms with Gasteiger partial charge in [-0.05, 0) is 62.8 Å². The lowest BCUT2D eigenvalue weighted by molar-refractivity contribution is 0.393. The van der Waals surface area contributed by atoms with Crippen LogP contribution in [0.2, 0.25) is 0 Å². The Balaban J connectivity index is 1.78. The monoisotopic (exact) mass is 407 g/mol. The van der Waals surface area contributed by atoms with E-state index in [1.165, 1.54) is 31.2 Å². The molecule has 0 atom stereocenters. The highest BCUT2D eigenvalue weighted by Gasteiger charge is 2.42. The number of benzene rings is 1. The van der Waals surface area contributed by atoms with Crippen molar-refractivity contribution in [2.24, 2.45) is 0 Å². The van der Waals surface area contributed by atoms with Crippen LogP contribution in [0.15, 0.2) is 24.3 Å². The summed E-state index contributed by atoms with van der Waals surface area (Å²) >= 11 is 0. The third-order valence-corrected chi connectivity index (χ3v) is 6.24. The first kappa shape index (κ1) is 19.1. The summed E-state index contributed by atoms with van der Waals surface area (Å²) in [6.07, 6.45) is 5.00. The van der Waals surface area contributed by atoms with E-state index in [1.54, 1.807) is 21.3 Å². The van der Waals surface area contributed by atoms with E-state index in [-0.39, 0.29) is 0 Å². The third kappa shape index (κ3) is 2.97. The maximum atomic E-state index is 5.81. The van der Waals surface area contributed by atoms with Gasteiger partial charge < -0.3 is 19.1 Å². The molecule has 158 valence electrons. The Kier molecular flexibility index (Phi) is 4.53. The molecule has 0 unspecified atom stereocenters. The van der Waals surface area contributed by atoms with Gasteiger partial charge in [-0.15, -0.1) is 5.10 Å². The van der Waals surface area contributed by atoms with Crippen LogP contribution in [0.3, 0.4) is 0 Å². The molecule has 2 aliphatic carbocycles. The number of anilines is 1. The summed E-state index contributed by atoms with van der Waals surface area (Å²) in [6.45, 7) is 4.23. The Morgan fingerprint density at radius 1 is 0.900 bits per heavy atom. The van der Waals surface area contributed by atoms with E-state index in [0.717, 1.165) is 39.5 Å². The molecule has 3 aromatic rings. The zero-order valence-corrected chi connectivity index (χ0v) is 18.4. The minimum Gasteiger partial charge on any atom is -0.497 e. The van der Waals surface area contributed by atoms with Gasteiger partial charge in [0.05, 0.1) is 32.5 Å². The van der Waals surface area contributed by atoms with Crippen molar-refractivity contribution in [3.05, 3.63) is 35.4 Å². The molecule has 2 aromatic heterocycles. The van der Waals surface area contributed by atoms with Crippen LogP contribution in [-0.2, 0) is 0 Å². The number of rotatable bonds is 7. The second-order valence-electron chi connectivity index (χ2n) is 8.41. The van der Waals surface area contributed by atoms with Gasteiger partial charge in [0, 0.05) is 23.7 Å². The van der Waals surface area contributed by atoms with Gasteiger partial charge in [0.2, 0.25) is 0 Å². The molecule has 0 saturated heterocycles. The van der Waals surface area contributed by atoms with E-state index >= 15 is 0 Å². The van der Waals surface area contributed by atoms with E-state index in [4.69, 9.17) is 19.3 Å². The molecule has 1 aromatic carbocycles. The lowest BCUT2D eigenvalue weighted by atomic mass is 10.0. The standard InChI is InChI=1S/C24H29N3O3/c1-14-6-11-19(21-15(2)12-18(28-3)13-20(21)29-4)27-22(14)23(24(25-27)30-5)26(16-7-8-16)17-9-10-17/h6,11-13,16-17H,7-10H2,1-5H3. The quantitative estimate of drug-likeness (QED) is 0.564. The Morgan fingerprint density at radius 2 is 1.60 bits per heavy atom. The Bertz CT molecular complexity index is 1100. The number of methoxy groups -OCH3 is 3. The topological polar surface area (TPSA) is 48.2 Å². The zero-order valence-electron chi connectivity index (χ0n) is 18.4. The minimum absolute atomic E-state index is 0.611. The van der Waals surface area contributed by atoms with Crippen molar-refractivity contribution in [3.8, 4) is 28.6 Å². The summed E-state index contributed by atoms with van der Waals surface area (Å²) in [5, 5.41) is 4.93. The Hall–Kier alpha value is -2.89. The largest absolute Gasteiger partial charge is 0.497 e. The number of hydrogen-bond acceptors (Lipinski definition) is 5. The van der Waals surface area contributed by atoms with Crippen molar-refractivity contribution in [2.45, 2.75) is 51.6 Å². The second kappa shape index (κ2) is 7.11. The zero-order chi connectivity index (χ0) is 21.0. The second-order valence-corrected chi connectivity index (χ2v) is 8.41. The molecule has 2 heterocycles. The fourth-order valence-electron chi connectivity index (χ4n) is 4.53. The lowest BCUT2D eigenvalue weighted by Gasteiger charge is -2.24. The van der Waals surface area contributed by atoms with Crippen molar-refractivity contribution in [1.29, 1.82) is 0 Å². The molecule has 2 saturated carbocycles. The average Bonchev–Trinajstić information content (AvgIpc) is 3.67. The van der Waals surface area contributed by atoms with Crippen molar-refractivity contribution < 1.29 is 14.2 Å². The van der Waals surface area contributed by atoms with Crippen LogP contribution >= 0.6 is 0 Å². The van der Waals surface area contributed by atoms with Gasteiger partial charge in [-0.25, -0.2) is 4.52 Å². The molecule has 0 amide bonds. The normalized spacial score (nSPS) is 16.0. The molecule has 0 spiro atoms. The highest BCUT2D eigenvalue weighted by molar-refractivity contribution is 5.86. The molecule has 30 heavy (non-hydrogen) atoms. The summed E-state index contributed by atoms with van der Waals surface area (Å²) < 4.78 is 19.0. The number of ether oxygens (including phenoxy) is 3. The summed E-state index contributed by atoms with van der Waals surface area (Å²) in [7, 11) is 5.09. The van der Waals surface area contributed by atoms with E-state index < -0.39 is 0 Å². The Labute approximate surface area is 177 Å². The highest BCUT2D eigenvalue weighted by atomic mass is 16.5. The first-order valence-corrected chi connectivity index (χ1v) is 10.6. The molecule has 0 bridgehead atoms. The van der Waals surface area contributed by atoms with Crippen LogP contribution in [0, 0.1) is 13.8 Å². The van der Waals surface area contributed by atoms with Crippen molar-refractivity contribution in [2.75, 3.05) is 26.2 Å². The number of nitrogens with zero attached hydrogens (tertiary/aromatic N) is 3. The van der Waals surface area contributed by atoms with Gasteiger partial charge >= 0.3 is 0 Å². The molecule has 2 aliphatic rings. The van der Waals surface area contributed by atoms with Crippen molar-refractivity contribution in [1.82, 2.24) is 9.61 Å².